The molecule has 2 aromatic heterocycles. The van der Waals surface area contributed by atoms with E-state index in [1.165, 1.54) is 0 Å². The maximum atomic E-state index is 13.0. The van der Waals surface area contributed by atoms with Gasteiger partial charge in [0.2, 0.25) is 6.79 Å². The average molecular weight is 366 g/mol. The van der Waals surface area contributed by atoms with Gasteiger partial charge in [-0.05, 0) is 51.5 Å². The molecule has 0 saturated heterocycles. The van der Waals surface area contributed by atoms with E-state index in [1.807, 2.05) is 50.6 Å². The van der Waals surface area contributed by atoms with Crippen molar-refractivity contribution in [2.24, 2.45) is 0 Å². The number of rotatable bonds is 4. The molecule has 3 aromatic rings. The summed E-state index contributed by atoms with van der Waals surface area (Å²) in [5.41, 5.74) is 3.04. The van der Waals surface area contributed by atoms with Crippen LogP contribution in [0, 0.1) is 6.92 Å². The van der Waals surface area contributed by atoms with Crippen molar-refractivity contribution in [2.75, 3.05) is 6.79 Å². The molecule has 1 N–H and O–H groups in total. The van der Waals surface area contributed by atoms with Gasteiger partial charge in [-0.3, -0.25) is 4.79 Å². The predicted octanol–water partition coefficient (Wildman–Crippen LogP) is 3.54. The number of nitrogens with one attached hydrogen (secondary N) is 1. The Hall–Kier alpha value is -3.09. The lowest BCUT2D eigenvalue weighted by Gasteiger charge is -2.16. The summed E-state index contributed by atoms with van der Waals surface area (Å²) in [7, 11) is 0. The zero-order valence-electron chi connectivity index (χ0n) is 15.8. The van der Waals surface area contributed by atoms with Crippen molar-refractivity contribution in [3.8, 4) is 11.5 Å². The molecule has 140 valence electrons. The Kier molecular flexibility index (Phi) is 4.22. The molecule has 0 saturated carbocycles. The molecule has 7 nitrogen and oxygen atoms in total. The molecule has 0 radical (unpaired) electrons. The van der Waals surface area contributed by atoms with Crippen molar-refractivity contribution in [1.29, 1.82) is 0 Å². The Balaban J connectivity index is 1.63. The molecular weight excluding hydrogens is 344 g/mol. The monoisotopic (exact) mass is 366 g/mol. The van der Waals surface area contributed by atoms with Crippen molar-refractivity contribution < 1.29 is 14.3 Å². The molecule has 3 heterocycles. The molecule has 27 heavy (non-hydrogen) atoms. The summed E-state index contributed by atoms with van der Waals surface area (Å²) in [6, 6.07) is 7.48. The van der Waals surface area contributed by atoms with Gasteiger partial charge in [0, 0.05) is 11.7 Å². The minimum atomic E-state index is -0.185. The fraction of sp³-hybridized carbons (Fsp3) is 0.350. The van der Waals surface area contributed by atoms with E-state index in [0.717, 1.165) is 28.0 Å². The minimum Gasteiger partial charge on any atom is -0.454 e. The Morgan fingerprint density at radius 3 is 2.74 bits per heavy atom. The second kappa shape index (κ2) is 6.57. The fourth-order valence-corrected chi connectivity index (χ4v) is 3.25. The van der Waals surface area contributed by atoms with Crippen molar-refractivity contribution in [1.82, 2.24) is 20.1 Å². The SMILES string of the molecule is Cc1cc(C(=O)NC(C)c2ccc3c(c2)OCO3)c2cnn(C(C)C)c2n1. The minimum absolute atomic E-state index is 0.154. The third-order valence-corrected chi connectivity index (χ3v) is 4.67. The molecule has 7 heteroatoms. The predicted molar refractivity (Wildman–Crippen MR) is 101 cm³/mol. The lowest BCUT2D eigenvalue weighted by atomic mass is 10.1. The van der Waals surface area contributed by atoms with Crippen molar-refractivity contribution in [3.05, 3.63) is 47.3 Å². The molecule has 0 spiro atoms. The van der Waals surface area contributed by atoms with Gasteiger partial charge in [0.25, 0.3) is 5.91 Å². The van der Waals surface area contributed by atoms with Crippen molar-refractivity contribution in [2.45, 2.75) is 39.8 Å². The largest absolute Gasteiger partial charge is 0.454 e. The van der Waals surface area contributed by atoms with E-state index in [4.69, 9.17) is 9.47 Å². The maximum Gasteiger partial charge on any atom is 0.252 e. The summed E-state index contributed by atoms with van der Waals surface area (Å²) in [6.07, 6.45) is 1.71. The van der Waals surface area contributed by atoms with Crippen LogP contribution in [0.3, 0.4) is 0 Å². The van der Waals surface area contributed by atoms with Gasteiger partial charge >= 0.3 is 0 Å². The number of aryl methyl sites for hydroxylation is 1. The topological polar surface area (TPSA) is 78.3 Å². The Morgan fingerprint density at radius 1 is 1.19 bits per heavy atom. The summed E-state index contributed by atoms with van der Waals surface area (Å²) in [6.45, 7) is 8.14. The molecule has 1 unspecified atom stereocenters. The standard InChI is InChI=1S/C20H22N4O3/c1-11(2)24-19-16(9-21-24)15(7-12(3)22-19)20(25)23-13(4)14-5-6-17-18(8-14)27-10-26-17/h5-9,11,13H,10H2,1-4H3,(H,23,25). The zero-order valence-corrected chi connectivity index (χ0v) is 15.8. The number of nitrogens with zero attached hydrogens (tertiary/aromatic N) is 3. The van der Waals surface area contributed by atoms with Crippen LogP contribution in [0.1, 0.15) is 54.5 Å². The summed E-state index contributed by atoms with van der Waals surface area (Å²) in [5.74, 6) is 1.28. The third kappa shape index (κ3) is 3.09. The van der Waals surface area contributed by atoms with Crippen LogP contribution in [0.15, 0.2) is 30.5 Å². The number of pyridine rings is 1. The second-order valence-electron chi connectivity index (χ2n) is 7.04. The number of hydrogen-bond donors (Lipinski definition) is 1. The van der Waals surface area contributed by atoms with Crippen LogP contribution in [0.4, 0.5) is 0 Å². The van der Waals surface area contributed by atoms with Crippen LogP contribution >= 0.6 is 0 Å². The fourth-order valence-electron chi connectivity index (χ4n) is 3.25. The Morgan fingerprint density at radius 2 is 1.96 bits per heavy atom. The first-order chi connectivity index (χ1) is 12.9. The van der Waals surface area contributed by atoms with Gasteiger partial charge in [-0.25, -0.2) is 9.67 Å². The first-order valence-electron chi connectivity index (χ1n) is 8.99. The van der Waals surface area contributed by atoms with E-state index < -0.39 is 0 Å². The molecule has 1 aliphatic rings. The van der Waals surface area contributed by atoms with Crippen LogP contribution in [-0.2, 0) is 0 Å². The average Bonchev–Trinajstić information content (AvgIpc) is 3.26. The number of hydrogen-bond acceptors (Lipinski definition) is 5. The van der Waals surface area contributed by atoms with Crippen LogP contribution in [0.2, 0.25) is 0 Å². The summed E-state index contributed by atoms with van der Waals surface area (Å²) < 4.78 is 12.6. The molecule has 1 aliphatic heterocycles. The highest BCUT2D eigenvalue weighted by atomic mass is 16.7. The number of benzene rings is 1. The highest BCUT2D eigenvalue weighted by Crippen LogP contribution is 2.34. The molecule has 4 rings (SSSR count). The van der Waals surface area contributed by atoms with Crippen LogP contribution < -0.4 is 14.8 Å². The van der Waals surface area contributed by atoms with E-state index in [9.17, 15) is 4.79 Å². The number of amides is 1. The van der Waals surface area contributed by atoms with Gasteiger partial charge in [0.15, 0.2) is 17.1 Å². The van der Waals surface area contributed by atoms with Crippen LogP contribution in [0.5, 0.6) is 11.5 Å². The van der Waals surface area contributed by atoms with Gasteiger partial charge < -0.3 is 14.8 Å². The highest BCUT2D eigenvalue weighted by Gasteiger charge is 2.20. The zero-order chi connectivity index (χ0) is 19.1. The summed E-state index contributed by atoms with van der Waals surface area (Å²) in [5, 5.41) is 8.22. The molecule has 1 atom stereocenters. The number of carbonyl (C=O) groups excluding carboxylic acids is 1. The number of ether oxygens (including phenoxy) is 2. The Bertz CT molecular complexity index is 1030. The van der Waals surface area contributed by atoms with Crippen molar-refractivity contribution >= 4 is 16.9 Å². The Labute approximate surface area is 157 Å². The molecular formula is C20H22N4O3. The highest BCUT2D eigenvalue weighted by molar-refractivity contribution is 6.05. The second-order valence-corrected chi connectivity index (χ2v) is 7.04. The number of fused-ring (bicyclic) bond motifs is 2. The third-order valence-electron chi connectivity index (χ3n) is 4.67. The molecule has 1 amide bonds. The summed E-state index contributed by atoms with van der Waals surface area (Å²) >= 11 is 0. The van der Waals surface area contributed by atoms with Gasteiger partial charge in [-0.1, -0.05) is 6.07 Å². The van der Waals surface area contributed by atoms with Gasteiger partial charge in [-0.2, -0.15) is 5.10 Å². The first kappa shape index (κ1) is 17.3. The molecule has 0 bridgehead atoms. The van der Waals surface area contributed by atoms with Gasteiger partial charge in [0.1, 0.15) is 0 Å². The lowest BCUT2D eigenvalue weighted by Crippen LogP contribution is -2.27. The van der Waals surface area contributed by atoms with Crippen molar-refractivity contribution in [3.63, 3.8) is 0 Å². The van der Waals surface area contributed by atoms with Crippen LogP contribution in [-0.4, -0.2) is 27.5 Å². The van der Waals surface area contributed by atoms with E-state index >= 15 is 0 Å². The van der Waals surface area contributed by atoms with E-state index in [1.54, 1.807) is 12.3 Å². The molecule has 1 aromatic carbocycles. The van der Waals surface area contributed by atoms with Gasteiger partial charge in [-0.15, -0.1) is 0 Å². The smallest absolute Gasteiger partial charge is 0.252 e. The normalized spacial score (nSPS) is 14.0. The lowest BCUT2D eigenvalue weighted by molar-refractivity contribution is 0.0941. The number of carbonyl (C=O) groups is 1. The molecule has 0 fully saturated rings. The summed E-state index contributed by atoms with van der Waals surface area (Å²) in [4.78, 5) is 17.5. The first-order valence-corrected chi connectivity index (χ1v) is 8.99. The van der Waals surface area contributed by atoms with E-state index in [0.29, 0.717) is 11.3 Å². The number of aromatic nitrogens is 3. The molecule has 0 aliphatic carbocycles. The quantitative estimate of drug-likeness (QED) is 0.764. The van der Waals surface area contributed by atoms with E-state index in [-0.39, 0.29) is 24.8 Å². The maximum absolute atomic E-state index is 13.0. The van der Waals surface area contributed by atoms with Gasteiger partial charge in [0.05, 0.1) is 23.2 Å². The van der Waals surface area contributed by atoms with Crippen LogP contribution in [0.25, 0.3) is 11.0 Å². The van der Waals surface area contributed by atoms with E-state index in [2.05, 4.69) is 15.4 Å².